The highest BCUT2D eigenvalue weighted by atomic mass is 31.1. The third kappa shape index (κ3) is 8.56. The second kappa shape index (κ2) is 16.4. The first-order valence-electron chi connectivity index (χ1n) is 18.6. The molecule has 3 fully saturated rings. The van der Waals surface area contributed by atoms with Gasteiger partial charge in [0, 0.05) is 6.04 Å². The molecule has 5 heteroatoms. The summed E-state index contributed by atoms with van der Waals surface area (Å²) >= 11 is 0. The molecule has 3 aliphatic carbocycles. The molecule has 9 atom stereocenters. The average Bonchev–Trinajstić information content (AvgIpc) is 3.48. The van der Waals surface area contributed by atoms with Crippen molar-refractivity contribution in [2.24, 2.45) is 23.7 Å². The number of benzene rings is 3. The summed E-state index contributed by atoms with van der Waals surface area (Å²) < 4.78 is 28.0. The fraction of sp³-hybridized carbons (Fsp3) is 0.571. The molecular weight excluding hydrogens is 618 g/mol. The van der Waals surface area contributed by atoms with Gasteiger partial charge in [0.05, 0.1) is 0 Å². The molecule has 3 aromatic rings. The lowest BCUT2D eigenvalue weighted by Gasteiger charge is -2.41. The number of rotatable bonds is 10. The second-order valence-corrected chi connectivity index (χ2v) is 20.6. The third-order valence-electron chi connectivity index (χ3n) is 12.3. The topological polar surface area (TPSA) is 3.24 Å². The van der Waals surface area contributed by atoms with E-state index in [0.717, 1.165) is 35.0 Å². The lowest BCUT2D eigenvalue weighted by molar-refractivity contribution is 0.228. The quantitative estimate of drug-likeness (QED) is 0.153. The molecule has 6 rings (SSSR count). The lowest BCUT2D eigenvalue weighted by Crippen LogP contribution is -2.38. The lowest BCUT2D eigenvalue weighted by atomic mass is 9.77. The minimum Gasteiger partial charge on any atom is -0.306 e. The molecule has 0 heterocycles. The standard InChI is InChI=1S/C42H57F2NP2/c1-30-11-8-15-40(47(36-13-6-5-7-14-36)42-18-10-17-41(42)31(2)45(3)4)29-33(30)27-32-12-9-16-39(28-32)46(37-23-19-34(43)20-24-37)38-25-21-35(44)22-26-38/h5-7,13-14,19-26,30-33,39-42H,8-12,15-18,27-29H2,1-4H3/t30?,31-,32?,33?,39-,40-,41+,42?,47+/m1/s1. The Balaban J connectivity index is 1.23. The molecule has 3 aliphatic rings. The van der Waals surface area contributed by atoms with E-state index in [2.05, 4.69) is 63.2 Å². The van der Waals surface area contributed by atoms with Crippen molar-refractivity contribution in [2.45, 2.75) is 114 Å². The molecule has 1 nitrogen and oxygen atoms in total. The van der Waals surface area contributed by atoms with E-state index in [0.29, 0.717) is 11.7 Å². The summed E-state index contributed by atoms with van der Waals surface area (Å²) in [6.45, 7) is 5.04. The maximum absolute atomic E-state index is 14.0. The van der Waals surface area contributed by atoms with Crippen LogP contribution in [-0.2, 0) is 0 Å². The SMILES string of the molecule is CC1CCC[C@@H]([P@](c2ccccc2)C2CCC[C@H]2[C@@H](C)N(C)C)CC1CC1CCC[C@@H](P(c2ccc(F)cc2)c2ccc(F)cc2)C1. The van der Waals surface area contributed by atoms with E-state index >= 15 is 0 Å². The fourth-order valence-corrected chi connectivity index (χ4v) is 16.8. The van der Waals surface area contributed by atoms with Crippen LogP contribution in [0.25, 0.3) is 0 Å². The zero-order valence-corrected chi connectivity index (χ0v) is 31.0. The van der Waals surface area contributed by atoms with Crippen molar-refractivity contribution in [1.29, 1.82) is 0 Å². The highest BCUT2D eigenvalue weighted by Crippen LogP contribution is 2.59. The first-order chi connectivity index (χ1) is 22.8. The van der Waals surface area contributed by atoms with Gasteiger partial charge in [-0.05, 0) is 155 Å². The van der Waals surface area contributed by atoms with Crippen LogP contribution in [-0.4, -0.2) is 42.0 Å². The van der Waals surface area contributed by atoms with Gasteiger partial charge in [0.25, 0.3) is 0 Å². The van der Waals surface area contributed by atoms with E-state index in [1.54, 1.807) is 29.6 Å². The Hall–Kier alpha value is -1.66. The molecule has 4 unspecified atom stereocenters. The van der Waals surface area contributed by atoms with E-state index < -0.39 is 7.92 Å². The van der Waals surface area contributed by atoms with Gasteiger partial charge in [-0.1, -0.05) is 102 Å². The normalized spacial score (nSPS) is 29.9. The Kier molecular flexibility index (Phi) is 12.2. The van der Waals surface area contributed by atoms with Gasteiger partial charge in [0.1, 0.15) is 11.6 Å². The van der Waals surface area contributed by atoms with Gasteiger partial charge < -0.3 is 4.90 Å². The minimum absolute atomic E-state index is 0.184. The molecule has 0 saturated heterocycles. The molecule has 0 aliphatic heterocycles. The zero-order chi connectivity index (χ0) is 32.9. The van der Waals surface area contributed by atoms with Crippen molar-refractivity contribution >= 4 is 31.8 Å². The predicted octanol–water partition coefficient (Wildman–Crippen LogP) is 10.5. The van der Waals surface area contributed by atoms with Gasteiger partial charge >= 0.3 is 0 Å². The molecule has 0 aromatic heterocycles. The summed E-state index contributed by atoms with van der Waals surface area (Å²) in [4.78, 5) is 2.48. The number of hydrogen-bond acceptors (Lipinski definition) is 1. The van der Waals surface area contributed by atoms with Crippen molar-refractivity contribution in [3.05, 3.63) is 90.5 Å². The van der Waals surface area contributed by atoms with E-state index in [1.807, 2.05) is 24.3 Å². The highest BCUT2D eigenvalue weighted by molar-refractivity contribution is 7.73. The van der Waals surface area contributed by atoms with Crippen molar-refractivity contribution in [3.63, 3.8) is 0 Å². The first kappa shape index (κ1) is 35.2. The minimum atomic E-state index is -0.667. The van der Waals surface area contributed by atoms with Crippen molar-refractivity contribution in [3.8, 4) is 0 Å². The number of nitrogens with zero attached hydrogens (tertiary/aromatic N) is 1. The fourth-order valence-electron chi connectivity index (χ4n) is 9.64. The van der Waals surface area contributed by atoms with Gasteiger partial charge in [-0.25, -0.2) is 8.78 Å². The maximum Gasteiger partial charge on any atom is 0.123 e. The Labute approximate surface area is 286 Å². The molecule has 47 heavy (non-hydrogen) atoms. The summed E-state index contributed by atoms with van der Waals surface area (Å²) in [6, 6.07) is 26.8. The van der Waals surface area contributed by atoms with Crippen LogP contribution >= 0.6 is 15.8 Å². The molecule has 3 aromatic carbocycles. The number of hydrogen-bond donors (Lipinski definition) is 0. The molecular formula is C42H57F2NP2. The summed E-state index contributed by atoms with van der Waals surface area (Å²) in [7, 11) is 3.67. The molecule has 3 saturated carbocycles. The van der Waals surface area contributed by atoms with Gasteiger partial charge in [0.15, 0.2) is 0 Å². The van der Waals surface area contributed by atoms with Gasteiger partial charge in [-0.2, -0.15) is 0 Å². The highest BCUT2D eigenvalue weighted by Gasteiger charge is 2.43. The van der Waals surface area contributed by atoms with Gasteiger partial charge in [-0.3, -0.25) is 0 Å². The van der Waals surface area contributed by atoms with Crippen molar-refractivity contribution < 1.29 is 8.78 Å². The van der Waals surface area contributed by atoms with Gasteiger partial charge in [-0.15, -0.1) is 0 Å². The van der Waals surface area contributed by atoms with Crippen LogP contribution in [0.3, 0.4) is 0 Å². The van der Waals surface area contributed by atoms with Crippen LogP contribution in [0, 0.1) is 35.3 Å². The zero-order valence-electron chi connectivity index (χ0n) is 29.2. The molecule has 0 radical (unpaired) electrons. The first-order valence-corrected chi connectivity index (χ1v) is 21.5. The summed E-state index contributed by atoms with van der Waals surface area (Å²) in [5.74, 6) is 2.74. The Morgan fingerprint density at radius 3 is 1.91 bits per heavy atom. The van der Waals surface area contributed by atoms with Crippen LogP contribution in [0.5, 0.6) is 0 Å². The van der Waals surface area contributed by atoms with Crippen LogP contribution in [0.4, 0.5) is 8.78 Å². The van der Waals surface area contributed by atoms with E-state index in [-0.39, 0.29) is 19.6 Å². The summed E-state index contributed by atoms with van der Waals surface area (Å²) in [6.07, 6.45) is 16.1. The smallest absolute Gasteiger partial charge is 0.123 e. The second-order valence-electron chi connectivity index (χ2n) is 15.4. The van der Waals surface area contributed by atoms with E-state index in [9.17, 15) is 8.78 Å². The molecule has 0 amide bonds. The summed E-state index contributed by atoms with van der Waals surface area (Å²) in [5, 5.41) is 4.12. The van der Waals surface area contributed by atoms with Gasteiger partial charge in [0.2, 0.25) is 0 Å². The van der Waals surface area contributed by atoms with Crippen LogP contribution in [0.2, 0.25) is 0 Å². The molecule has 0 bridgehead atoms. The maximum atomic E-state index is 14.0. The largest absolute Gasteiger partial charge is 0.306 e. The van der Waals surface area contributed by atoms with Crippen LogP contribution < -0.4 is 15.9 Å². The molecule has 0 N–H and O–H groups in total. The van der Waals surface area contributed by atoms with E-state index in [4.69, 9.17) is 0 Å². The van der Waals surface area contributed by atoms with Crippen molar-refractivity contribution in [2.75, 3.05) is 14.1 Å². The van der Waals surface area contributed by atoms with Crippen LogP contribution in [0.1, 0.15) is 90.9 Å². The third-order valence-corrected chi connectivity index (χ3v) is 18.7. The average molecular weight is 676 g/mol. The predicted molar refractivity (Wildman–Crippen MR) is 202 cm³/mol. The molecule has 254 valence electrons. The number of halogens is 2. The van der Waals surface area contributed by atoms with Crippen LogP contribution in [0.15, 0.2) is 78.9 Å². The summed E-state index contributed by atoms with van der Waals surface area (Å²) in [5.41, 5.74) is 2.21. The van der Waals surface area contributed by atoms with Crippen molar-refractivity contribution in [1.82, 2.24) is 4.90 Å². The Morgan fingerprint density at radius 2 is 1.28 bits per heavy atom. The Bertz CT molecular complexity index is 1330. The Morgan fingerprint density at radius 1 is 0.681 bits per heavy atom. The molecule has 0 spiro atoms. The van der Waals surface area contributed by atoms with E-state index in [1.165, 1.54) is 87.7 Å². The monoisotopic (exact) mass is 675 g/mol.